The molecule has 4 heteroatoms. The van der Waals surface area contributed by atoms with Gasteiger partial charge in [-0.25, -0.2) is 0 Å². The molecule has 0 fully saturated rings. The van der Waals surface area contributed by atoms with Crippen LogP contribution in [0, 0.1) is 5.92 Å². The Morgan fingerprint density at radius 3 is 2.12 bits per heavy atom. The number of carboxylic acid groups (broad SMARTS) is 1. The molecule has 3 aromatic rings. The van der Waals surface area contributed by atoms with E-state index in [0.29, 0.717) is 6.61 Å². The Morgan fingerprint density at radius 1 is 0.969 bits per heavy atom. The van der Waals surface area contributed by atoms with Crippen molar-refractivity contribution in [2.75, 3.05) is 6.61 Å². The van der Waals surface area contributed by atoms with Gasteiger partial charge in [0.2, 0.25) is 0 Å². The highest BCUT2D eigenvalue weighted by molar-refractivity contribution is 8.01. The Kier molecular flexibility index (Phi) is 7.81. The van der Waals surface area contributed by atoms with Gasteiger partial charge in [-0.15, -0.1) is 11.8 Å². The van der Waals surface area contributed by atoms with Gasteiger partial charge in [-0.3, -0.25) is 4.79 Å². The topological polar surface area (TPSA) is 46.5 Å². The molecule has 3 aromatic carbocycles. The molecule has 3 nitrogen and oxygen atoms in total. The van der Waals surface area contributed by atoms with E-state index in [-0.39, 0.29) is 5.92 Å². The minimum atomic E-state index is -0.863. The van der Waals surface area contributed by atoms with Crippen LogP contribution in [0.1, 0.15) is 33.3 Å². The molecular weight excluding hydrogens is 416 g/mol. The Hall–Kier alpha value is -2.98. The van der Waals surface area contributed by atoms with Crippen LogP contribution in [-0.2, 0) is 4.79 Å². The Morgan fingerprint density at radius 2 is 1.56 bits per heavy atom. The number of rotatable bonds is 9. The van der Waals surface area contributed by atoms with E-state index in [1.165, 1.54) is 28.5 Å². The predicted octanol–water partition coefficient (Wildman–Crippen LogP) is 7.43. The van der Waals surface area contributed by atoms with E-state index in [2.05, 4.69) is 49.4 Å². The summed E-state index contributed by atoms with van der Waals surface area (Å²) in [5.74, 6) is -0.0227. The van der Waals surface area contributed by atoms with Crippen LogP contribution >= 0.6 is 11.8 Å². The maximum Gasteiger partial charge on any atom is 0.320 e. The van der Waals surface area contributed by atoms with Gasteiger partial charge in [0.15, 0.2) is 0 Å². The van der Waals surface area contributed by atoms with Crippen LogP contribution in [0.4, 0.5) is 0 Å². The molecule has 0 unspecified atom stereocenters. The largest absolute Gasteiger partial charge is 0.490 e. The highest BCUT2D eigenvalue weighted by Gasteiger charge is 2.37. The number of hydrogen-bond donors (Lipinski definition) is 1. The fourth-order valence-corrected chi connectivity index (χ4v) is 4.28. The number of allylic oxidation sites excluding steroid dienone is 1. The zero-order chi connectivity index (χ0) is 23.1. The first kappa shape index (κ1) is 23.7. The van der Waals surface area contributed by atoms with Gasteiger partial charge in [-0.1, -0.05) is 68.4 Å². The zero-order valence-electron chi connectivity index (χ0n) is 19.0. The van der Waals surface area contributed by atoms with Crippen LogP contribution in [0.25, 0.3) is 16.7 Å². The summed E-state index contributed by atoms with van der Waals surface area (Å²) in [6.45, 7) is 8.19. The van der Waals surface area contributed by atoms with Gasteiger partial charge in [0.05, 0.1) is 0 Å². The van der Waals surface area contributed by atoms with Gasteiger partial charge < -0.3 is 9.84 Å². The fraction of sp³-hybridized carbons (Fsp3) is 0.250. The molecule has 32 heavy (non-hydrogen) atoms. The first-order valence-electron chi connectivity index (χ1n) is 10.8. The highest BCUT2D eigenvalue weighted by Crippen LogP contribution is 2.39. The second kappa shape index (κ2) is 10.6. The van der Waals surface area contributed by atoms with Crippen molar-refractivity contribution in [2.24, 2.45) is 5.92 Å². The minimum Gasteiger partial charge on any atom is -0.490 e. The average Bonchev–Trinajstić information content (AvgIpc) is 2.80. The maximum atomic E-state index is 11.7. The summed E-state index contributed by atoms with van der Waals surface area (Å²) < 4.78 is 5.01. The highest BCUT2D eigenvalue weighted by atomic mass is 32.2. The third kappa shape index (κ3) is 5.83. The molecule has 0 aromatic heterocycles. The molecule has 3 rings (SSSR count). The summed E-state index contributed by atoms with van der Waals surface area (Å²) in [5.41, 5.74) is 4.74. The van der Waals surface area contributed by atoms with Crippen molar-refractivity contribution in [1.29, 1.82) is 0 Å². The lowest BCUT2D eigenvalue weighted by molar-refractivity contribution is -0.140. The quantitative estimate of drug-likeness (QED) is 0.347. The third-order valence-corrected chi connectivity index (χ3v) is 7.34. The standard InChI is InChI=1S/C28H30O3S/c1-20(2)28(4,27(29)30)32-26-16-14-25(15-17-26)31-19-18-21(3)22-10-12-24(13-11-22)23-8-6-5-7-9-23/h5-18,20H,19H2,1-4H3,(H,29,30)/b21-18+/t28-/m0/s1. The summed E-state index contributed by atoms with van der Waals surface area (Å²) in [4.78, 5) is 12.6. The number of hydrogen-bond acceptors (Lipinski definition) is 3. The summed E-state index contributed by atoms with van der Waals surface area (Å²) in [7, 11) is 0. The Bertz CT molecular complexity index is 1050. The number of thioether (sulfide) groups is 1. The van der Waals surface area contributed by atoms with Gasteiger partial charge in [0.1, 0.15) is 17.1 Å². The lowest BCUT2D eigenvalue weighted by Crippen LogP contribution is -2.36. The monoisotopic (exact) mass is 446 g/mol. The van der Waals surface area contributed by atoms with Crippen LogP contribution in [0.2, 0.25) is 0 Å². The van der Waals surface area contributed by atoms with Crippen molar-refractivity contribution in [2.45, 2.75) is 37.3 Å². The molecule has 0 aliphatic heterocycles. The summed E-state index contributed by atoms with van der Waals surface area (Å²) in [5, 5.41) is 9.60. The summed E-state index contributed by atoms with van der Waals surface area (Å²) >= 11 is 1.37. The summed E-state index contributed by atoms with van der Waals surface area (Å²) in [6.07, 6.45) is 2.07. The lowest BCUT2D eigenvalue weighted by atomic mass is 9.97. The van der Waals surface area contributed by atoms with Gasteiger partial charge in [0, 0.05) is 4.90 Å². The molecule has 166 valence electrons. The third-order valence-electron chi connectivity index (χ3n) is 5.77. The number of benzene rings is 3. The molecular formula is C28H30O3S. The van der Waals surface area contributed by atoms with Crippen molar-refractivity contribution >= 4 is 23.3 Å². The van der Waals surface area contributed by atoms with Crippen molar-refractivity contribution in [3.8, 4) is 16.9 Å². The van der Waals surface area contributed by atoms with Crippen molar-refractivity contribution in [1.82, 2.24) is 0 Å². The van der Waals surface area contributed by atoms with E-state index < -0.39 is 10.7 Å². The molecule has 0 spiro atoms. The van der Waals surface area contributed by atoms with E-state index >= 15 is 0 Å². The van der Waals surface area contributed by atoms with Crippen LogP contribution in [0.3, 0.4) is 0 Å². The molecule has 0 saturated heterocycles. The van der Waals surface area contributed by atoms with Gasteiger partial charge in [-0.05, 0) is 72.4 Å². The van der Waals surface area contributed by atoms with Crippen molar-refractivity contribution in [3.63, 3.8) is 0 Å². The molecule has 0 bridgehead atoms. The Labute approximate surface area is 195 Å². The molecule has 0 aliphatic carbocycles. The fourth-order valence-electron chi connectivity index (χ4n) is 3.19. The second-order valence-corrected chi connectivity index (χ2v) is 9.81. The molecule has 0 amide bonds. The molecule has 1 atom stereocenters. The molecule has 0 heterocycles. The van der Waals surface area contributed by atoms with E-state index in [9.17, 15) is 9.90 Å². The second-order valence-electron chi connectivity index (χ2n) is 8.28. The van der Waals surface area contributed by atoms with E-state index in [4.69, 9.17) is 4.74 Å². The first-order chi connectivity index (χ1) is 15.3. The predicted molar refractivity (Wildman–Crippen MR) is 134 cm³/mol. The molecule has 0 radical (unpaired) electrons. The molecule has 0 saturated carbocycles. The number of aliphatic carboxylic acids is 1. The SMILES string of the molecule is C/C(=C\COc1ccc(S[C@](C)(C(=O)O)C(C)C)cc1)c1ccc(-c2ccccc2)cc1. The van der Waals surface area contributed by atoms with Crippen LogP contribution in [0.15, 0.2) is 89.8 Å². The minimum absolute atomic E-state index is 0.01000. The lowest BCUT2D eigenvalue weighted by Gasteiger charge is -2.28. The Balaban J connectivity index is 1.58. The van der Waals surface area contributed by atoms with Crippen molar-refractivity contribution in [3.05, 3.63) is 90.5 Å². The number of ether oxygens (including phenoxy) is 1. The maximum absolute atomic E-state index is 11.7. The zero-order valence-corrected chi connectivity index (χ0v) is 19.9. The number of carbonyl (C=O) groups is 1. The van der Waals surface area contributed by atoms with Crippen LogP contribution < -0.4 is 4.74 Å². The van der Waals surface area contributed by atoms with Gasteiger partial charge >= 0.3 is 5.97 Å². The average molecular weight is 447 g/mol. The molecule has 1 N–H and O–H groups in total. The van der Waals surface area contributed by atoms with Gasteiger partial charge in [-0.2, -0.15) is 0 Å². The van der Waals surface area contributed by atoms with Gasteiger partial charge in [0.25, 0.3) is 0 Å². The number of carboxylic acids is 1. The van der Waals surface area contributed by atoms with E-state index in [0.717, 1.165) is 16.2 Å². The van der Waals surface area contributed by atoms with Crippen LogP contribution in [0.5, 0.6) is 5.75 Å². The van der Waals surface area contributed by atoms with E-state index in [1.54, 1.807) is 6.92 Å². The van der Waals surface area contributed by atoms with Crippen LogP contribution in [-0.4, -0.2) is 22.4 Å². The summed E-state index contributed by atoms with van der Waals surface area (Å²) in [6, 6.07) is 26.5. The van der Waals surface area contributed by atoms with E-state index in [1.807, 2.05) is 56.3 Å². The smallest absolute Gasteiger partial charge is 0.320 e. The normalized spacial score (nSPS) is 13.6. The first-order valence-corrected chi connectivity index (χ1v) is 11.6. The molecule has 0 aliphatic rings. The van der Waals surface area contributed by atoms with Crippen molar-refractivity contribution < 1.29 is 14.6 Å².